The highest BCUT2D eigenvalue weighted by molar-refractivity contribution is 5.81. The summed E-state index contributed by atoms with van der Waals surface area (Å²) in [6.07, 6.45) is 6.16. The number of carbonyl (C=O) groups is 1. The molecule has 0 spiro atoms. The van der Waals surface area contributed by atoms with Crippen LogP contribution in [-0.4, -0.2) is 23.7 Å². The van der Waals surface area contributed by atoms with Gasteiger partial charge in [-0.1, -0.05) is 12.1 Å². The van der Waals surface area contributed by atoms with Crippen LogP contribution in [0.25, 0.3) is 6.08 Å². The van der Waals surface area contributed by atoms with Crippen molar-refractivity contribution in [3.63, 3.8) is 0 Å². The second-order valence-electron chi connectivity index (χ2n) is 4.20. The lowest BCUT2D eigenvalue weighted by molar-refractivity contribution is -0.385. The first-order valence-corrected chi connectivity index (χ1v) is 6.55. The van der Waals surface area contributed by atoms with Crippen molar-refractivity contribution in [3.8, 4) is 5.75 Å². The van der Waals surface area contributed by atoms with E-state index in [1.54, 1.807) is 36.6 Å². The third-order valence-electron chi connectivity index (χ3n) is 2.57. The summed E-state index contributed by atoms with van der Waals surface area (Å²) in [6, 6.07) is 9.33. The first-order valence-electron chi connectivity index (χ1n) is 6.55. The molecule has 1 aromatic carbocycles. The van der Waals surface area contributed by atoms with Crippen molar-refractivity contribution in [2.75, 3.05) is 6.61 Å². The van der Waals surface area contributed by atoms with Crippen LogP contribution in [-0.2, 0) is 4.79 Å². The summed E-state index contributed by atoms with van der Waals surface area (Å²) in [5.41, 5.74) is 2.03. The van der Waals surface area contributed by atoms with E-state index in [1.807, 2.05) is 0 Å². The Kier molecular flexibility index (Phi) is 5.64. The first-order chi connectivity index (χ1) is 11.2. The largest absolute Gasteiger partial charge is 0.477 e. The van der Waals surface area contributed by atoms with Crippen LogP contribution in [0, 0.1) is 10.1 Å². The molecule has 1 heterocycles. The van der Waals surface area contributed by atoms with Crippen molar-refractivity contribution in [2.24, 2.45) is 5.10 Å². The SMILES string of the molecule is O=C(COc1ccccc1[N+](=O)[O-])NN=C/C=C/c1ccco1. The minimum Gasteiger partial charge on any atom is -0.477 e. The zero-order chi connectivity index (χ0) is 16.5. The molecule has 8 nitrogen and oxygen atoms in total. The second-order valence-corrected chi connectivity index (χ2v) is 4.20. The maximum absolute atomic E-state index is 11.5. The first kappa shape index (κ1) is 16.0. The fourth-order valence-corrected chi connectivity index (χ4v) is 1.58. The summed E-state index contributed by atoms with van der Waals surface area (Å²) < 4.78 is 10.2. The van der Waals surface area contributed by atoms with Gasteiger partial charge in [0.2, 0.25) is 0 Å². The Labute approximate surface area is 131 Å². The quantitative estimate of drug-likeness (QED) is 0.479. The molecule has 0 radical (unpaired) electrons. The number of nitrogens with one attached hydrogen (secondary N) is 1. The number of furan rings is 1. The number of hydrazone groups is 1. The van der Waals surface area contributed by atoms with Crippen molar-refractivity contribution in [1.29, 1.82) is 0 Å². The van der Waals surface area contributed by atoms with E-state index in [2.05, 4.69) is 10.5 Å². The van der Waals surface area contributed by atoms with Gasteiger partial charge in [-0.3, -0.25) is 14.9 Å². The molecule has 0 saturated carbocycles. The molecule has 0 bridgehead atoms. The number of para-hydroxylation sites is 2. The monoisotopic (exact) mass is 315 g/mol. The van der Waals surface area contributed by atoms with Gasteiger partial charge in [-0.05, 0) is 30.4 Å². The van der Waals surface area contributed by atoms with Gasteiger partial charge in [-0.15, -0.1) is 0 Å². The Balaban J connectivity index is 1.78. The minimum absolute atomic E-state index is 0.0225. The van der Waals surface area contributed by atoms with Crippen LogP contribution in [0.1, 0.15) is 5.76 Å². The van der Waals surface area contributed by atoms with E-state index in [-0.39, 0.29) is 18.0 Å². The standard InChI is InChI=1S/C15H13N3O5/c19-15(17-16-9-3-5-12-6-4-10-22-12)11-23-14-8-2-1-7-13(14)18(20)21/h1-10H,11H2,(H,17,19)/b5-3+,16-9?. The lowest BCUT2D eigenvalue weighted by Gasteiger charge is -2.04. The Morgan fingerprint density at radius 1 is 1.35 bits per heavy atom. The average Bonchev–Trinajstić information content (AvgIpc) is 3.06. The summed E-state index contributed by atoms with van der Waals surface area (Å²) in [5.74, 6) is 0.141. The maximum Gasteiger partial charge on any atom is 0.310 e. The van der Waals surface area contributed by atoms with Crippen molar-refractivity contribution < 1.29 is 18.9 Å². The number of ether oxygens (including phenoxy) is 1. The molecule has 0 aliphatic carbocycles. The lowest BCUT2D eigenvalue weighted by atomic mass is 10.3. The van der Waals surface area contributed by atoms with Gasteiger partial charge in [0, 0.05) is 12.3 Å². The van der Waals surface area contributed by atoms with E-state index < -0.39 is 10.8 Å². The molecule has 118 valence electrons. The summed E-state index contributed by atoms with van der Waals surface area (Å²) in [6.45, 7) is -0.385. The van der Waals surface area contributed by atoms with Crippen LogP contribution in [0.3, 0.4) is 0 Å². The third kappa shape index (κ3) is 5.12. The molecular formula is C15H13N3O5. The lowest BCUT2D eigenvalue weighted by Crippen LogP contribution is -2.24. The van der Waals surface area contributed by atoms with Gasteiger partial charge < -0.3 is 9.15 Å². The summed E-state index contributed by atoms with van der Waals surface area (Å²) in [7, 11) is 0. The number of nitro groups is 1. The van der Waals surface area contributed by atoms with Gasteiger partial charge in [0.25, 0.3) is 5.91 Å². The third-order valence-corrected chi connectivity index (χ3v) is 2.57. The molecule has 2 aromatic rings. The van der Waals surface area contributed by atoms with E-state index in [4.69, 9.17) is 9.15 Å². The summed E-state index contributed by atoms with van der Waals surface area (Å²) in [4.78, 5) is 21.7. The van der Waals surface area contributed by atoms with Crippen molar-refractivity contribution in [1.82, 2.24) is 5.43 Å². The molecule has 1 N–H and O–H groups in total. The molecule has 23 heavy (non-hydrogen) atoms. The van der Waals surface area contributed by atoms with Crippen LogP contribution < -0.4 is 10.2 Å². The van der Waals surface area contributed by atoms with Crippen LogP contribution in [0.15, 0.2) is 58.3 Å². The Hall–Kier alpha value is -3.42. The molecule has 8 heteroatoms. The Morgan fingerprint density at radius 2 is 2.17 bits per heavy atom. The second kappa shape index (κ2) is 8.13. The predicted molar refractivity (Wildman–Crippen MR) is 83.0 cm³/mol. The van der Waals surface area contributed by atoms with Crippen LogP contribution in [0.5, 0.6) is 5.75 Å². The van der Waals surface area contributed by atoms with E-state index >= 15 is 0 Å². The molecule has 0 atom stereocenters. The average molecular weight is 315 g/mol. The smallest absolute Gasteiger partial charge is 0.310 e. The number of hydrogen-bond acceptors (Lipinski definition) is 6. The van der Waals surface area contributed by atoms with Gasteiger partial charge in [-0.2, -0.15) is 5.10 Å². The number of benzene rings is 1. The molecule has 0 saturated heterocycles. The molecule has 2 rings (SSSR count). The number of rotatable bonds is 7. The van der Waals surface area contributed by atoms with E-state index in [0.717, 1.165) is 0 Å². The molecular weight excluding hydrogens is 302 g/mol. The highest BCUT2D eigenvalue weighted by Gasteiger charge is 2.14. The number of amides is 1. The van der Waals surface area contributed by atoms with Gasteiger partial charge in [0.1, 0.15) is 5.76 Å². The van der Waals surface area contributed by atoms with Crippen molar-refractivity contribution in [2.45, 2.75) is 0 Å². The fourth-order valence-electron chi connectivity index (χ4n) is 1.58. The highest BCUT2D eigenvalue weighted by atomic mass is 16.6. The Morgan fingerprint density at radius 3 is 2.91 bits per heavy atom. The molecule has 0 fully saturated rings. The van der Waals surface area contributed by atoms with E-state index in [9.17, 15) is 14.9 Å². The normalized spacial score (nSPS) is 11.0. The zero-order valence-electron chi connectivity index (χ0n) is 11.9. The van der Waals surface area contributed by atoms with Crippen LogP contribution in [0.4, 0.5) is 5.69 Å². The van der Waals surface area contributed by atoms with E-state index in [1.165, 1.54) is 24.4 Å². The number of hydrogen-bond donors (Lipinski definition) is 1. The van der Waals surface area contributed by atoms with Gasteiger partial charge in [0.15, 0.2) is 12.4 Å². The molecule has 1 aromatic heterocycles. The zero-order valence-corrected chi connectivity index (χ0v) is 11.9. The summed E-state index contributed by atoms with van der Waals surface area (Å²) in [5, 5.41) is 14.5. The minimum atomic E-state index is -0.579. The molecule has 0 aliphatic rings. The molecule has 0 aliphatic heterocycles. The van der Waals surface area contributed by atoms with Crippen molar-refractivity contribution in [3.05, 3.63) is 64.6 Å². The van der Waals surface area contributed by atoms with Crippen molar-refractivity contribution >= 4 is 23.9 Å². The molecule has 1 amide bonds. The highest BCUT2D eigenvalue weighted by Crippen LogP contribution is 2.25. The van der Waals surface area contributed by atoms with Gasteiger partial charge in [0.05, 0.1) is 11.2 Å². The van der Waals surface area contributed by atoms with E-state index in [0.29, 0.717) is 5.76 Å². The maximum atomic E-state index is 11.5. The number of allylic oxidation sites excluding steroid dienone is 1. The number of nitro benzene ring substituents is 1. The van der Waals surface area contributed by atoms with Gasteiger partial charge >= 0.3 is 5.69 Å². The summed E-state index contributed by atoms with van der Waals surface area (Å²) >= 11 is 0. The Bertz CT molecular complexity index is 722. The fraction of sp³-hybridized carbons (Fsp3) is 0.0667. The topological polar surface area (TPSA) is 107 Å². The predicted octanol–water partition coefficient (Wildman–Crippen LogP) is 2.38. The molecule has 0 unspecified atom stereocenters. The van der Waals surface area contributed by atoms with Crippen LogP contribution in [0.2, 0.25) is 0 Å². The van der Waals surface area contributed by atoms with Gasteiger partial charge in [-0.25, -0.2) is 5.43 Å². The van der Waals surface area contributed by atoms with Crippen LogP contribution >= 0.6 is 0 Å². The number of carbonyl (C=O) groups excluding carboxylic acids is 1. The number of nitrogens with zero attached hydrogens (tertiary/aromatic N) is 2.